The third-order valence-corrected chi connectivity index (χ3v) is 3.61. The molecular weight excluding hydrogens is 299 g/mol. The molecule has 0 aliphatic rings. The van der Waals surface area contributed by atoms with E-state index in [0.717, 1.165) is 6.07 Å². The first kappa shape index (κ1) is 14.9. The molecule has 6 nitrogen and oxygen atoms in total. The third kappa shape index (κ3) is 3.56. The van der Waals surface area contributed by atoms with Gasteiger partial charge >= 0.3 is 5.97 Å². The highest BCUT2D eigenvalue weighted by atomic mass is 32.2. The standard InChI is InChI=1S/C13H11FN2O4S/c14-11-7-8(13(17)18)1-6-12(11)16-9-2-4-10(5-3-9)21(15,19)20/h1-7,16H,(H,17,18)(H2,15,19,20). The molecule has 0 spiro atoms. The van der Waals surface area contributed by atoms with Crippen molar-refractivity contribution in [3.8, 4) is 0 Å². The van der Waals surface area contributed by atoms with Crippen LogP contribution in [0.3, 0.4) is 0 Å². The molecule has 0 amide bonds. The first-order valence-corrected chi connectivity index (χ1v) is 7.25. The van der Waals surface area contributed by atoms with Crippen molar-refractivity contribution in [1.29, 1.82) is 0 Å². The molecule has 8 heteroatoms. The minimum Gasteiger partial charge on any atom is -0.478 e. The highest BCUT2D eigenvalue weighted by molar-refractivity contribution is 7.89. The van der Waals surface area contributed by atoms with Crippen LogP contribution >= 0.6 is 0 Å². The molecule has 0 saturated heterocycles. The van der Waals surface area contributed by atoms with E-state index < -0.39 is 21.8 Å². The van der Waals surface area contributed by atoms with E-state index >= 15 is 0 Å². The Balaban J connectivity index is 2.24. The summed E-state index contributed by atoms with van der Waals surface area (Å²) >= 11 is 0. The van der Waals surface area contributed by atoms with Gasteiger partial charge in [0.05, 0.1) is 16.1 Å². The monoisotopic (exact) mass is 310 g/mol. The van der Waals surface area contributed by atoms with E-state index in [1.54, 1.807) is 0 Å². The molecule has 0 aliphatic carbocycles. The molecule has 0 unspecified atom stereocenters. The fraction of sp³-hybridized carbons (Fsp3) is 0. The van der Waals surface area contributed by atoms with Crippen LogP contribution < -0.4 is 10.5 Å². The van der Waals surface area contributed by atoms with E-state index in [2.05, 4.69) is 5.32 Å². The van der Waals surface area contributed by atoms with Crippen LogP contribution in [-0.2, 0) is 10.0 Å². The molecule has 2 aromatic carbocycles. The highest BCUT2D eigenvalue weighted by Crippen LogP contribution is 2.22. The van der Waals surface area contributed by atoms with Gasteiger partial charge in [-0.2, -0.15) is 0 Å². The number of carboxylic acid groups (broad SMARTS) is 1. The summed E-state index contributed by atoms with van der Waals surface area (Å²) in [5.74, 6) is -1.96. The number of nitrogens with two attached hydrogens (primary N) is 1. The van der Waals surface area contributed by atoms with Crippen LogP contribution in [0, 0.1) is 5.82 Å². The Labute approximate surface area is 120 Å². The zero-order chi connectivity index (χ0) is 15.6. The van der Waals surface area contributed by atoms with E-state index in [-0.39, 0.29) is 16.1 Å². The minimum absolute atomic E-state index is 0.0604. The molecule has 21 heavy (non-hydrogen) atoms. The van der Waals surface area contributed by atoms with Gasteiger partial charge in [0.25, 0.3) is 0 Å². The van der Waals surface area contributed by atoms with Crippen molar-refractivity contribution in [3.05, 3.63) is 53.8 Å². The molecule has 2 aromatic rings. The van der Waals surface area contributed by atoms with Crippen molar-refractivity contribution in [2.24, 2.45) is 5.14 Å². The number of primary sulfonamides is 1. The van der Waals surface area contributed by atoms with Gasteiger partial charge in [-0.15, -0.1) is 0 Å². The fourth-order valence-electron chi connectivity index (χ4n) is 1.63. The Morgan fingerprint density at radius 2 is 1.76 bits per heavy atom. The maximum absolute atomic E-state index is 13.7. The molecule has 0 bridgehead atoms. The number of halogens is 1. The molecule has 0 atom stereocenters. The molecule has 0 saturated carbocycles. The molecule has 0 radical (unpaired) electrons. The largest absolute Gasteiger partial charge is 0.478 e. The van der Waals surface area contributed by atoms with Gasteiger partial charge in [-0.25, -0.2) is 22.7 Å². The topological polar surface area (TPSA) is 109 Å². The number of carboxylic acids is 1. The van der Waals surface area contributed by atoms with Crippen LogP contribution in [0.15, 0.2) is 47.4 Å². The van der Waals surface area contributed by atoms with Gasteiger partial charge in [-0.05, 0) is 42.5 Å². The number of nitrogens with one attached hydrogen (secondary N) is 1. The molecule has 0 aromatic heterocycles. The van der Waals surface area contributed by atoms with E-state index in [4.69, 9.17) is 10.2 Å². The van der Waals surface area contributed by atoms with Crippen molar-refractivity contribution in [2.75, 3.05) is 5.32 Å². The number of rotatable bonds is 4. The van der Waals surface area contributed by atoms with Gasteiger partial charge in [-0.3, -0.25) is 0 Å². The van der Waals surface area contributed by atoms with Gasteiger partial charge in [0, 0.05) is 5.69 Å². The van der Waals surface area contributed by atoms with Crippen LogP contribution in [0.5, 0.6) is 0 Å². The Hall–Kier alpha value is -2.45. The summed E-state index contributed by atoms with van der Waals surface area (Å²) in [6.45, 7) is 0. The van der Waals surface area contributed by atoms with Crippen LogP contribution in [0.1, 0.15) is 10.4 Å². The summed E-state index contributed by atoms with van der Waals surface area (Å²) in [7, 11) is -3.78. The SMILES string of the molecule is NS(=O)(=O)c1ccc(Nc2ccc(C(=O)O)cc2F)cc1. The average Bonchev–Trinajstić information content (AvgIpc) is 2.40. The summed E-state index contributed by atoms with van der Waals surface area (Å²) in [5.41, 5.74) is 0.343. The van der Waals surface area contributed by atoms with E-state index in [9.17, 15) is 17.6 Å². The first-order chi connectivity index (χ1) is 9.77. The Kier molecular flexibility index (Phi) is 3.92. The maximum atomic E-state index is 13.7. The summed E-state index contributed by atoms with van der Waals surface area (Å²) in [4.78, 5) is 10.6. The zero-order valence-corrected chi connectivity index (χ0v) is 11.4. The smallest absolute Gasteiger partial charge is 0.335 e. The van der Waals surface area contributed by atoms with Crippen molar-refractivity contribution < 1.29 is 22.7 Å². The number of carbonyl (C=O) groups is 1. The average molecular weight is 310 g/mol. The number of sulfonamides is 1. The quantitative estimate of drug-likeness (QED) is 0.799. The zero-order valence-electron chi connectivity index (χ0n) is 10.6. The normalized spacial score (nSPS) is 11.1. The summed E-state index contributed by atoms with van der Waals surface area (Å²) in [5, 5.41) is 16.4. The molecule has 0 heterocycles. The van der Waals surface area contributed by atoms with E-state index in [1.165, 1.54) is 36.4 Å². The second-order valence-corrected chi connectivity index (χ2v) is 5.76. The van der Waals surface area contributed by atoms with Crippen LogP contribution in [-0.4, -0.2) is 19.5 Å². The van der Waals surface area contributed by atoms with Crippen LogP contribution in [0.2, 0.25) is 0 Å². The molecule has 4 N–H and O–H groups in total. The van der Waals surface area contributed by atoms with E-state index in [0.29, 0.717) is 5.69 Å². The lowest BCUT2D eigenvalue weighted by Crippen LogP contribution is -2.11. The van der Waals surface area contributed by atoms with Crippen molar-refractivity contribution >= 4 is 27.4 Å². The Morgan fingerprint density at radius 1 is 1.14 bits per heavy atom. The highest BCUT2D eigenvalue weighted by Gasteiger charge is 2.10. The van der Waals surface area contributed by atoms with Gasteiger partial charge < -0.3 is 10.4 Å². The van der Waals surface area contributed by atoms with Gasteiger partial charge in [0.15, 0.2) is 0 Å². The van der Waals surface area contributed by atoms with E-state index in [1.807, 2.05) is 0 Å². The number of hydrogen-bond acceptors (Lipinski definition) is 4. The molecule has 2 rings (SSSR count). The lowest BCUT2D eigenvalue weighted by molar-refractivity contribution is 0.0696. The number of anilines is 2. The van der Waals surface area contributed by atoms with Gasteiger partial charge in [-0.1, -0.05) is 0 Å². The predicted molar refractivity (Wildman–Crippen MR) is 74.5 cm³/mol. The number of benzene rings is 2. The summed E-state index contributed by atoms with van der Waals surface area (Å²) in [6, 6.07) is 8.83. The Bertz CT molecular complexity index is 788. The predicted octanol–water partition coefficient (Wildman–Crippen LogP) is 1.91. The lowest BCUT2D eigenvalue weighted by Gasteiger charge is -2.08. The third-order valence-electron chi connectivity index (χ3n) is 2.68. The summed E-state index contributed by atoms with van der Waals surface area (Å²) in [6.07, 6.45) is 0. The fourth-order valence-corrected chi connectivity index (χ4v) is 2.15. The minimum atomic E-state index is -3.78. The number of aromatic carboxylic acids is 1. The van der Waals surface area contributed by atoms with Crippen molar-refractivity contribution in [1.82, 2.24) is 0 Å². The maximum Gasteiger partial charge on any atom is 0.335 e. The first-order valence-electron chi connectivity index (χ1n) is 5.70. The van der Waals surface area contributed by atoms with Crippen LogP contribution in [0.4, 0.5) is 15.8 Å². The molecular formula is C13H11FN2O4S. The second-order valence-electron chi connectivity index (χ2n) is 4.19. The van der Waals surface area contributed by atoms with Gasteiger partial charge in [0.1, 0.15) is 5.82 Å². The van der Waals surface area contributed by atoms with Crippen LogP contribution in [0.25, 0.3) is 0 Å². The second kappa shape index (κ2) is 5.51. The van der Waals surface area contributed by atoms with Gasteiger partial charge in [0.2, 0.25) is 10.0 Å². The van der Waals surface area contributed by atoms with Crippen molar-refractivity contribution in [2.45, 2.75) is 4.90 Å². The summed E-state index contributed by atoms with van der Waals surface area (Å²) < 4.78 is 35.9. The molecule has 0 fully saturated rings. The molecule has 110 valence electrons. The Morgan fingerprint density at radius 3 is 2.24 bits per heavy atom. The lowest BCUT2D eigenvalue weighted by atomic mass is 10.2. The number of hydrogen-bond donors (Lipinski definition) is 3. The van der Waals surface area contributed by atoms with Crippen molar-refractivity contribution in [3.63, 3.8) is 0 Å². The molecule has 0 aliphatic heterocycles.